The maximum atomic E-state index is 11.7. The predicted octanol–water partition coefficient (Wildman–Crippen LogP) is 0.945. The summed E-state index contributed by atoms with van der Waals surface area (Å²) in [5, 5.41) is 11.8. The highest BCUT2D eigenvalue weighted by atomic mass is 32.2. The van der Waals surface area contributed by atoms with Gasteiger partial charge in [0.1, 0.15) is 0 Å². The molecule has 1 aromatic rings. The molecule has 0 aliphatic heterocycles. The van der Waals surface area contributed by atoms with Crippen molar-refractivity contribution in [3.05, 3.63) is 35.4 Å². The van der Waals surface area contributed by atoms with Crippen LogP contribution >= 0.6 is 0 Å². The molecule has 1 aliphatic carbocycles. The highest BCUT2D eigenvalue weighted by Crippen LogP contribution is 2.27. The summed E-state index contributed by atoms with van der Waals surface area (Å²) in [6.45, 7) is 2.82. The van der Waals surface area contributed by atoms with Crippen LogP contribution in [-0.2, 0) is 16.6 Å². The van der Waals surface area contributed by atoms with Crippen LogP contribution in [-0.4, -0.2) is 37.3 Å². The Morgan fingerprint density at radius 2 is 1.95 bits per heavy atom. The number of nitrogens with one attached hydrogen (secondary N) is 2. The third-order valence-electron chi connectivity index (χ3n) is 3.41. The van der Waals surface area contributed by atoms with Gasteiger partial charge in [-0.15, -0.1) is 0 Å². The maximum absolute atomic E-state index is 11.7. The average Bonchev–Trinajstić information content (AvgIpc) is 3.28. The molecule has 0 spiro atoms. The molecule has 0 aromatic heterocycles. The lowest BCUT2D eigenvalue weighted by molar-refractivity contribution is 0.0697. The molecule has 116 valence electrons. The molecule has 1 fully saturated rings. The van der Waals surface area contributed by atoms with Gasteiger partial charge in [-0.05, 0) is 37.5 Å². The summed E-state index contributed by atoms with van der Waals surface area (Å²) in [4.78, 5) is 10.7. The second kappa shape index (κ2) is 6.55. The van der Waals surface area contributed by atoms with E-state index in [2.05, 4.69) is 10.0 Å². The van der Waals surface area contributed by atoms with Crippen LogP contribution in [0, 0.1) is 0 Å². The molecule has 0 heterocycles. The zero-order chi connectivity index (χ0) is 15.5. The van der Waals surface area contributed by atoms with E-state index in [-0.39, 0.29) is 16.9 Å². The number of rotatable bonds is 8. The van der Waals surface area contributed by atoms with E-state index >= 15 is 0 Å². The van der Waals surface area contributed by atoms with E-state index in [1.165, 1.54) is 0 Å². The third kappa shape index (κ3) is 4.80. The van der Waals surface area contributed by atoms with Crippen molar-refractivity contribution < 1.29 is 18.3 Å². The molecule has 2 rings (SSSR count). The maximum Gasteiger partial charge on any atom is 0.335 e. The summed E-state index contributed by atoms with van der Waals surface area (Å²) in [5.41, 5.74) is 1.21. The van der Waals surface area contributed by atoms with Crippen molar-refractivity contribution in [2.24, 2.45) is 0 Å². The lowest BCUT2D eigenvalue weighted by Crippen LogP contribution is -2.39. The van der Waals surface area contributed by atoms with E-state index in [9.17, 15) is 13.2 Å². The Labute approximate surface area is 124 Å². The summed E-state index contributed by atoms with van der Waals surface area (Å²) in [5.74, 6) is -0.947. The Kier molecular flexibility index (Phi) is 4.97. The van der Waals surface area contributed by atoms with E-state index in [0.29, 0.717) is 13.1 Å². The quantitative estimate of drug-likeness (QED) is 0.664. The van der Waals surface area contributed by atoms with Crippen molar-refractivity contribution in [1.29, 1.82) is 0 Å². The van der Waals surface area contributed by atoms with E-state index < -0.39 is 16.0 Å². The first-order valence-corrected chi connectivity index (χ1v) is 8.47. The first-order valence-electron chi connectivity index (χ1n) is 6.92. The molecule has 0 bridgehead atoms. The fraction of sp³-hybridized carbons (Fsp3) is 0.500. The molecule has 0 unspecified atom stereocenters. The van der Waals surface area contributed by atoms with Gasteiger partial charge in [-0.3, -0.25) is 0 Å². The van der Waals surface area contributed by atoms with E-state index in [1.807, 2.05) is 6.92 Å². The van der Waals surface area contributed by atoms with Crippen molar-refractivity contribution in [1.82, 2.24) is 10.0 Å². The minimum Gasteiger partial charge on any atom is -0.478 e. The van der Waals surface area contributed by atoms with E-state index in [1.54, 1.807) is 24.3 Å². The van der Waals surface area contributed by atoms with Crippen LogP contribution in [0.5, 0.6) is 0 Å². The second-order valence-electron chi connectivity index (χ2n) is 5.38. The van der Waals surface area contributed by atoms with Crippen molar-refractivity contribution in [3.8, 4) is 0 Å². The molecule has 21 heavy (non-hydrogen) atoms. The van der Waals surface area contributed by atoms with Crippen LogP contribution in [0.2, 0.25) is 0 Å². The summed E-state index contributed by atoms with van der Waals surface area (Å²) in [7, 11) is -3.14. The second-order valence-corrected chi connectivity index (χ2v) is 7.42. The molecule has 0 amide bonds. The number of hydrogen-bond acceptors (Lipinski definition) is 4. The Bertz CT molecular complexity index is 594. The standard InChI is InChI=1S/C14H20N2O4S/c1-10(8-16-21(19,20)13-6-7-13)15-9-11-2-4-12(5-3-11)14(17)18/h2-5,10,13,15-16H,6-9H2,1H3,(H,17,18)/t10-/m1/s1. The minimum atomic E-state index is -3.14. The number of hydrogen-bond donors (Lipinski definition) is 3. The highest BCUT2D eigenvalue weighted by Gasteiger charge is 2.35. The third-order valence-corrected chi connectivity index (χ3v) is 5.33. The summed E-state index contributed by atoms with van der Waals surface area (Å²) < 4.78 is 26.0. The van der Waals surface area contributed by atoms with Crippen molar-refractivity contribution >= 4 is 16.0 Å². The predicted molar refractivity (Wildman–Crippen MR) is 79.6 cm³/mol. The Morgan fingerprint density at radius 1 is 1.33 bits per heavy atom. The van der Waals surface area contributed by atoms with Gasteiger partial charge in [-0.1, -0.05) is 12.1 Å². The number of sulfonamides is 1. The zero-order valence-corrected chi connectivity index (χ0v) is 12.7. The topological polar surface area (TPSA) is 95.5 Å². The Hall–Kier alpha value is -1.44. The Morgan fingerprint density at radius 3 is 2.48 bits per heavy atom. The van der Waals surface area contributed by atoms with E-state index in [0.717, 1.165) is 18.4 Å². The molecular formula is C14H20N2O4S. The summed E-state index contributed by atoms with van der Waals surface area (Å²) in [6.07, 6.45) is 1.51. The number of carboxylic acid groups (broad SMARTS) is 1. The highest BCUT2D eigenvalue weighted by molar-refractivity contribution is 7.90. The SMILES string of the molecule is C[C@H](CNS(=O)(=O)C1CC1)NCc1ccc(C(=O)O)cc1. The molecule has 6 nitrogen and oxygen atoms in total. The van der Waals surface area contributed by atoms with Gasteiger partial charge in [0.25, 0.3) is 0 Å². The molecule has 7 heteroatoms. The molecule has 3 N–H and O–H groups in total. The van der Waals surface area contributed by atoms with Gasteiger partial charge in [-0.25, -0.2) is 17.9 Å². The van der Waals surface area contributed by atoms with Gasteiger partial charge in [0.15, 0.2) is 0 Å². The first-order chi connectivity index (χ1) is 9.88. The molecule has 1 saturated carbocycles. The first kappa shape index (κ1) is 15.9. The molecular weight excluding hydrogens is 292 g/mol. The molecule has 0 saturated heterocycles. The summed E-state index contributed by atoms with van der Waals surface area (Å²) in [6, 6.07) is 6.60. The number of carbonyl (C=O) groups is 1. The minimum absolute atomic E-state index is 0.00215. The zero-order valence-electron chi connectivity index (χ0n) is 11.9. The van der Waals surface area contributed by atoms with Gasteiger partial charge in [-0.2, -0.15) is 0 Å². The molecule has 1 aromatic carbocycles. The lowest BCUT2D eigenvalue weighted by Gasteiger charge is -2.15. The number of aromatic carboxylic acids is 1. The van der Waals surface area contributed by atoms with Crippen LogP contribution in [0.25, 0.3) is 0 Å². The van der Waals surface area contributed by atoms with Crippen LogP contribution in [0.4, 0.5) is 0 Å². The van der Waals surface area contributed by atoms with Gasteiger partial charge in [0.2, 0.25) is 10.0 Å². The fourth-order valence-electron chi connectivity index (χ4n) is 1.87. The van der Waals surface area contributed by atoms with Gasteiger partial charge >= 0.3 is 5.97 Å². The Balaban J connectivity index is 1.75. The van der Waals surface area contributed by atoms with Crippen LogP contribution < -0.4 is 10.0 Å². The lowest BCUT2D eigenvalue weighted by atomic mass is 10.1. The van der Waals surface area contributed by atoms with E-state index in [4.69, 9.17) is 5.11 Å². The average molecular weight is 312 g/mol. The smallest absolute Gasteiger partial charge is 0.335 e. The summed E-state index contributed by atoms with van der Waals surface area (Å²) >= 11 is 0. The van der Waals surface area contributed by atoms with Crippen LogP contribution in [0.3, 0.4) is 0 Å². The van der Waals surface area contributed by atoms with Gasteiger partial charge in [0.05, 0.1) is 10.8 Å². The van der Waals surface area contributed by atoms with Gasteiger partial charge < -0.3 is 10.4 Å². The largest absolute Gasteiger partial charge is 0.478 e. The van der Waals surface area contributed by atoms with Crippen LogP contribution in [0.15, 0.2) is 24.3 Å². The monoisotopic (exact) mass is 312 g/mol. The molecule has 1 atom stereocenters. The van der Waals surface area contributed by atoms with Crippen molar-refractivity contribution in [3.63, 3.8) is 0 Å². The fourth-order valence-corrected chi connectivity index (χ4v) is 3.34. The van der Waals surface area contributed by atoms with Crippen LogP contribution in [0.1, 0.15) is 35.7 Å². The number of carboxylic acids is 1. The van der Waals surface area contributed by atoms with Gasteiger partial charge in [0, 0.05) is 19.1 Å². The van der Waals surface area contributed by atoms with Crippen molar-refractivity contribution in [2.75, 3.05) is 6.54 Å². The number of benzene rings is 1. The molecule has 1 aliphatic rings. The normalized spacial score (nSPS) is 16.6. The molecule has 0 radical (unpaired) electrons. The van der Waals surface area contributed by atoms with Crippen molar-refractivity contribution in [2.45, 2.75) is 37.6 Å².